The second-order valence-electron chi connectivity index (χ2n) is 5.79. The third kappa shape index (κ3) is 4.47. The van der Waals surface area contributed by atoms with Crippen molar-refractivity contribution in [1.82, 2.24) is 5.32 Å². The third-order valence-electron chi connectivity index (χ3n) is 3.50. The van der Waals surface area contributed by atoms with Crippen LogP contribution >= 0.6 is 15.9 Å². The van der Waals surface area contributed by atoms with Crippen LogP contribution in [0.3, 0.4) is 0 Å². The lowest BCUT2D eigenvalue weighted by Crippen LogP contribution is -2.23. The first-order valence-electron chi connectivity index (χ1n) is 7.29. The molecular weight excluding hydrogens is 318 g/mol. The van der Waals surface area contributed by atoms with E-state index in [1.54, 1.807) is 0 Å². The van der Waals surface area contributed by atoms with Gasteiger partial charge in [-0.15, -0.1) is 0 Å². The van der Waals surface area contributed by atoms with Crippen LogP contribution in [0.2, 0.25) is 0 Å². The predicted molar refractivity (Wildman–Crippen MR) is 85.3 cm³/mol. The second kappa shape index (κ2) is 7.43. The lowest BCUT2D eigenvalue weighted by molar-refractivity contribution is 0.166. The molecule has 1 fully saturated rings. The van der Waals surface area contributed by atoms with Gasteiger partial charge in [0.15, 0.2) is 0 Å². The number of ether oxygens (including phenoxy) is 2. The summed E-state index contributed by atoms with van der Waals surface area (Å²) in [6.45, 7) is 9.68. The monoisotopic (exact) mass is 341 g/mol. The molecule has 1 aromatic carbocycles. The van der Waals surface area contributed by atoms with Crippen LogP contribution in [-0.2, 0) is 11.3 Å². The van der Waals surface area contributed by atoms with Gasteiger partial charge in [-0.3, -0.25) is 0 Å². The van der Waals surface area contributed by atoms with Crippen molar-refractivity contribution >= 4 is 15.9 Å². The number of halogens is 1. The zero-order valence-corrected chi connectivity index (χ0v) is 14.1. The Morgan fingerprint density at radius 1 is 1.45 bits per heavy atom. The SMILES string of the molecule is Cc1cc(Br)cc(CNC(C)C)c1OCC1CCOC1. The van der Waals surface area contributed by atoms with Gasteiger partial charge in [-0.2, -0.15) is 0 Å². The van der Waals surface area contributed by atoms with Crippen molar-refractivity contribution in [1.29, 1.82) is 0 Å². The molecule has 1 heterocycles. The predicted octanol–water partition coefficient (Wildman–Crippen LogP) is 3.67. The quantitative estimate of drug-likeness (QED) is 0.856. The molecule has 0 bridgehead atoms. The number of aryl methyl sites for hydroxylation is 1. The summed E-state index contributed by atoms with van der Waals surface area (Å²) >= 11 is 3.57. The Hall–Kier alpha value is -0.580. The van der Waals surface area contributed by atoms with Gasteiger partial charge < -0.3 is 14.8 Å². The van der Waals surface area contributed by atoms with E-state index in [0.717, 1.165) is 43.0 Å². The zero-order valence-electron chi connectivity index (χ0n) is 12.5. The maximum atomic E-state index is 6.10. The number of benzene rings is 1. The van der Waals surface area contributed by atoms with E-state index < -0.39 is 0 Å². The molecule has 1 aromatic rings. The minimum atomic E-state index is 0.463. The molecule has 1 N–H and O–H groups in total. The van der Waals surface area contributed by atoms with Crippen LogP contribution in [0, 0.1) is 12.8 Å². The highest BCUT2D eigenvalue weighted by atomic mass is 79.9. The highest BCUT2D eigenvalue weighted by Gasteiger charge is 2.18. The molecule has 2 rings (SSSR count). The molecule has 0 spiro atoms. The minimum absolute atomic E-state index is 0.463. The van der Waals surface area contributed by atoms with Gasteiger partial charge >= 0.3 is 0 Å². The largest absolute Gasteiger partial charge is 0.493 e. The summed E-state index contributed by atoms with van der Waals surface area (Å²) in [5, 5.41) is 3.46. The summed E-state index contributed by atoms with van der Waals surface area (Å²) in [5.74, 6) is 1.55. The highest BCUT2D eigenvalue weighted by Crippen LogP contribution is 2.29. The normalized spacial score (nSPS) is 18.8. The van der Waals surface area contributed by atoms with Gasteiger partial charge in [0.2, 0.25) is 0 Å². The number of hydrogen-bond donors (Lipinski definition) is 1. The van der Waals surface area contributed by atoms with Gasteiger partial charge in [0, 0.05) is 35.1 Å². The molecule has 20 heavy (non-hydrogen) atoms. The summed E-state index contributed by atoms with van der Waals surface area (Å²) < 4.78 is 12.6. The van der Waals surface area contributed by atoms with Gasteiger partial charge in [0.1, 0.15) is 5.75 Å². The molecule has 0 aromatic heterocycles. The Morgan fingerprint density at radius 3 is 2.90 bits per heavy atom. The molecule has 0 saturated carbocycles. The van der Waals surface area contributed by atoms with E-state index in [4.69, 9.17) is 9.47 Å². The maximum Gasteiger partial charge on any atom is 0.126 e. The van der Waals surface area contributed by atoms with E-state index in [2.05, 4.69) is 54.2 Å². The van der Waals surface area contributed by atoms with E-state index in [9.17, 15) is 0 Å². The summed E-state index contributed by atoms with van der Waals surface area (Å²) in [5.41, 5.74) is 2.39. The molecule has 0 aliphatic carbocycles. The molecule has 4 heteroatoms. The summed E-state index contributed by atoms with van der Waals surface area (Å²) in [4.78, 5) is 0. The lowest BCUT2D eigenvalue weighted by atomic mass is 10.1. The number of rotatable bonds is 6. The van der Waals surface area contributed by atoms with Crippen molar-refractivity contribution in [3.8, 4) is 5.75 Å². The molecule has 1 aliphatic rings. The van der Waals surface area contributed by atoms with E-state index in [1.807, 2.05) is 0 Å². The van der Waals surface area contributed by atoms with Crippen molar-refractivity contribution < 1.29 is 9.47 Å². The van der Waals surface area contributed by atoms with Crippen molar-refractivity contribution in [2.75, 3.05) is 19.8 Å². The molecule has 1 aliphatic heterocycles. The van der Waals surface area contributed by atoms with Crippen LogP contribution < -0.4 is 10.1 Å². The van der Waals surface area contributed by atoms with E-state index in [1.165, 1.54) is 11.1 Å². The average Bonchev–Trinajstić information content (AvgIpc) is 2.88. The average molecular weight is 342 g/mol. The number of nitrogens with one attached hydrogen (secondary N) is 1. The van der Waals surface area contributed by atoms with Crippen LogP contribution in [-0.4, -0.2) is 25.9 Å². The fourth-order valence-electron chi connectivity index (χ4n) is 2.37. The standard InChI is InChI=1S/C16H24BrNO2/c1-11(2)18-8-14-7-15(17)6-12(3)16(14)20-10-13-4-5-19-9-13/h6-7,11,13,18H,4-5,8-10H2,1-3H3. The smallest absolute Gasteiger partial charge is 0.126 e. The lowest BCUT2D eigenvalue weighted by Gasteiger charge is -2.18. The van der Waals surface area contributed by atoms with Crippen molar-refractivity contribution in [3.63, 3.8) is 0 Å². The van der Waals surface area contributed by atoms with Crippen molar-refractivity contribution in [3.05, 3.63) is 27.7 Å². The minimum Gasteiger partial charge on any atom is -0.493 e. The van der Waals surface area contributed by atoms with Crippen molar-refractivity contribution in [2.24, 2.45) is 5.92 Å². The first-order valence-corrected chi connectivity index (χ1v) is 8.08. The van der Waals surface area contributed by atoms with E-state index >= 15 is 0 Å². The summed E-state index contributed by atoms with van der Waals surface area (Å²) in [7, 11) is 0. The molecule has 0 amide bonds. The maximum absolute atomic E-state index is 6.10. The Balaban J connectivity index is 2.07. The molecular formula is C16H24BrNO2. The fourth-order valence-corrected chi connectivity index (χ4v) is 2.99. The Labute approximate surface area is 130 Å². The van der Waals surface area contributed by atoms with E-state index in [-0.39, 0.29) is 0 Å². The molecule has 112 valence electrons. The Morgan fingerprint density at radius 2 is 2.25 bits per heavy atom. The molecule has 1 saturated heterocycles. The first kappa shape index (κ1) is 15.8. The molecule has 0 radical (unpaired) electrons. The zero-order chi connectivity index (χ0) is 14.5. The fraction of sp³-hybridized carbons (Fsp3) is 0.625. The highest BCUT2D eigenvalue weighted by molar-refractivity contribution is 9.10. The Bertz CT molecular complexity index is 442. The molecule has 1 unspecified atom stereocenters. The third-order valence-corrected chi connectivity index (χ3v) is 3.96. The van der Waals surface area contributed by atoms with Crippen LogP contribution in [0.1, 0.15) is 31.4 Å². The number of hydrogen-bond acceptors (Lipinski definition) is 3. The van der Waals surface area contributed by atoms with Gasteiger partial charge in [-0.05, 0) is 31.0 Å². The van der Waals surface area contributed by atoms with Crippen LogP contribution in [0.15, 0.2) is 16.6 Å². The van der Waals surface area contributed by atoms with Crippen molar-refractivity contribution in [2.45, 2.75) is 39.8 Å². The van der Waals surface area contributed by atoms with Gasteiger partial charge in [-0.25, -0.2) is 0 Å². The van der Waals surface area contributed by atoms with Crippen LogP contribution in [0.25, 0.3) is 0 Å². The van der Waals surface area contributed by atoms with Gasteiger partial charge in [0.05, 0.1) is 13.2 Å². The van der Waals surface area contributed by atoms with Crippen LogP contribution in [0.5, 0.6) is 5.75 Å². The summed E-state index contributed by atoms with van der Waals surface area (Å²) in [6.07, 6.45) is 1.11. The Kier molecular flexibility index (Phi) is 5.87. The molecule has 1 atom stereocenters. The van der Waals surface area contributed by atoms with E-state index in [0.29, 0.717) is 12.0 Å². The van der Waals surface area contributed by atoms with Gasteiger partial charge in [-0.1, -0.05) is 29.8 Å². The van der Waals surface area contributed by atoms with Gasteiger partial charge in [0.25, 0.3) is 0 Å². The van der Waals surface area contributed by atoms with Crippen LogP contribution in [0.4, 0.5) is 0 Å². The molecule has 3 nitrogen and oxygen atoms in total. The topological polar surface area (TPSA) is 30.5 Å². The first-order chi connectivity index (χ1) is 9.56. The second-order valence-corrected chi connectivity index (χ2v) is 6.70. The summed E-state index contributed by atoms with van der Waals surface area (Å²) in [6, 6.07) is 4.72.